The minimum absolute atomic E-state index is 0.00259. The van der Waals surface area contributed by atoms with Crippen LogP contribution in [0.4, 0.5) is 0 Å². The van der Waals surface area contributed by atoms with Gasteiger partial charge in [0.15, 0.2) is 5.43 Å². The summed E-state index contributed by atoms with van der Waals surface area (Å²) in [5.74, 6) is -0.366. The number of benzene rings is 1. The summed E-state index contributed by atoms with van der Waals surface area (Å²) in [4.78, 5) is 24.0. The highest BCUT2D eigenvalue weighted by molar-refractivity contribution is 5.86. The normalized spacial score (nSPS) is 25.7. The fourth-order valence-electron chi connectivity index (χ4n) is 3.49. The van der Waals surface area contributed by atoms with Crippen LogP contribution in [0.2, 0.25) is 0 Å². The highest BCUT2D eigenvalue weighted by atomic mass is 16.5. The fourth-order valence-corrected chi connectivity index (χ4v) is 3.49. The van der Waals surface area contributed by atoms with Crippen molar-refractivity contribution in [2.75, 3.05) is 6.61 Å². The van der Waals surface area contributed by atoms with Crippen LogP contribution in [-0.2, 0) is 16.0 Å². The SMILES string of the molecule is CC(=O)Cc1cc(=O)c2c(C)cc(O)c([C@@H]3O[C@H](CO)C[C@H](O)[C@H]3O)c2o1. The van der Waals surface area contributed by atoms with Crippen molar-refractivity contribution in [2.24, 2.45) is 0 Å². The van der Waals surface area contributed by atoms with Crippen LogP contribution < -0.4 is 5.43 Å². The first kappa shape index (κ1) is 19.5. The molecule has 0 saturated carbocycles. The number of Topliss-reactive ketones (excluding diaryl/α,β-unsaturated/α-hetero) is 1. The van der Waals surface area contributed by atoms with E-state index in [1.165, 1.54) is 19.1 Å². The third kappa shape index (κ3) is 3.61. The van der Waals surface area contributed by atoms with Gasteiger partial charge in [-0.25, -0.2) is 0 Å². The molecule has 1 fully saturated rings. The van der Waals surface area contributed by atoms with Crippen LogP contribution in [0.15, 0.2) is 21.3 Å². The molecule has 1 aliphatic rings. The number of aliphatic hydroxyl groups excluding tert-OH is 3. The first-order valence-corrected chi connectivity index (χ1v) is 8.64. The Morgan fingerprint density at radius 1 is 1.30 bits per heavy atom. The highest BCUT2D eigenvalue weighted by Crippen LogP contribution is 2.41. The molecule has 27 heavy (non-hydrogen) atoms. The number of fused-ring (bicyclic) bond motifs is 1. The zero-order valence-corrected chi connectivity index (χ0v) is 15.0. The molecule has 0 spiro atoms. The fraction of sp³-hybridized carbons (Fsp3) is 0.474. The molecule has 1 aliphatic heterocycles. The zero-order chi connectivity index (χ0) is 19.9. The minimum atomic E-state index is -1.40. The Morgan fingerprint density at radius 3 is 2.63 bits per heavy atom. The third-order valence-corrected chi connectivity index (χ3v) is 4.73. The molecule has 1 aromatic heterocycles. The lowest BCUT2D eigenvalue weighted by Crippen LogP contribution is -2.44. The first-order chi connectivity index (χ1) is 12.7. The molecule has 1 aromatic carbocycles. The maximum Gasteiger partial charge on any atom is 0.193 e. The van der Waals surface area contributed by atoms with Crippen LogP contribution in [0.1, 0.15) is 36.3 Å². The highest BCUT2D eigenvalue weighted by Gasteiger charge is 2.40. The number of aryl methyl sites for hydroxylation is 1. The average Bonchev–Trinajstić information content (AvgIpc) is 2.56. The number of hydrogen-bond donors (Lipinski definition) is 4. The van der Waals surface area contributed by atoms with E-state index in [2.05, 4.69) is 0 Å². The summed E-state index contributed by atoms with van der Waals surface area (Å²) in [7, 11) is 0. The summed E-state index contributed by atoms with van der Waals surface area (Å²) in [6.07, 6.45) is -4.63. The zero-order valence-electron chi connectivity index (χ0n) is 15.0. The number of ketones is 1. The van der Waals surface area contributed by atoms with Gasteiger partial charge in [-0.1, -0.05) is 0 Å². The maximum absolute atomic E-state index is 12.6. The summed E-state index contributed by atoms with van der Waals surface area (Å²) < 4.78 is 11.4. The molecule has 4 N–H and O–H groups in total. The van der Waals surface area contributed by atoms with Gasteiger partial charge in [0.1, 0.15) is 35.1 Å². The first-order valence-electron chi connectivity index (χ1n) is 8.64. The molecule has 0 unspecified atom stereocenters. The van der Waals surface area contributed by atoms with Gasteiger partial charge >= 0.3 is 0 Å². The van der Waals surface area contributed by atoms with Crippen LogP contribution in [0.25, 0.3) is 11.0 Å². The van der Waals surface area contributed by atoms with Crippen LogP contribution in [0.3, 0.4) is 0 Å². The summed E-state index contributed by atoms with van der Waals surface area (Å²) in [5.41, 5.74) is 0.0589. The van der Waals surface area contributed by atoms with Crippen molar-refractivity contribution in [3.63, 3.8) is 0 Å². The van der Waals surface area contributed by atoms with Crippen LogP contribution >= 0.6 is 0 Å². The Labute approximate surface area is 154 Å². The Morgan fingerprint density at radius 2 is 2.00 bits per heavy atom. The number of rotatable bonds is 4. The van der Waals surface area contributed by atoms with E-state index in [0.29, 0.717) is 5.56 Å². The second-order valence-corrected chi connectivity index (χ2v) is 6.94. The Bertz CT molecular complexity index is 931. The summed E-state index contributed by atoms with van der Waals surface area (Å²) in [6, 6.07) is 2.57. The standard InChI is InChI=1S/C19H22O8/c1-8-3-12(22)16(19-17(25)14(24)6-11(7-20)27-19)18-15(8)13(23)5-10(26-18)4-9(2)21/h3,5,11,14,17,19-20,22,24-25H,4,6-7H2,1-2H3/t11-,14-,17+,19-/m0/s1. The molecule has 1 saturated heterocycles. The molecule has 2 heterocycles. The molecule has 0 bridgehead atoms. The van der Waals surface area contributed by atoms with Gasteiger partial charge in [0, 0.05) is 12.5 Å². The van der Waals surface area contributed by atoms with Gasteiger partial charge in [0.05, 0.1) is 36.2 Å². The number of hydrogen-bond acceptors (Lipinski definition) is 8. The number of phenols is 1. The van der Waals surface area contributed by atoms with Gasteiger partial charge in [0.2, 0.25) is 0 Å². The molecular weight excluding hydrogens is 356 g/mol. The number of ether oxygens (including phenoxy) is 1. The van der Waals surface area contributed by atoms with Gasteiger partial charge in [0.25, 0.3) is 0 Å². The molecule has 4 atom stereocenters. The summed E-state index contributed by atoms with van der Waals surface area (Å²) in [6.45, 7) is 2.59. The Hall–Kier alpha value is -2.26. The summed E-state index contributed by atoms with van der Waals surface area (Å²) >= 11 is 0. The van der Waals surface area contributed by atoms with E-state index >= 15 is 0 Å². The van der Waals surface area contributed by atoms with Gasteiger partial charge in [-0.3, -0.25) is 9.59 Å². The van der Waals surface area contributed by atoms with Gasteiger partial charge in [-0.05, 0) is 25.5 Å². The van der Waals surface area contributed by atoms with Crippen molar-refractivity contribution >= 4 is 16.8 Å². The Kier molecular flexibility index (Phi) is 5.34. The van der Waals surface area contributed by atoms with E-state index in [-0.39, 0.29) is 53.3 Å². The van der Waals surface area contributed by atoms with Crippen LogP contribution in [0, 0.1) is 6.92 Å². The second-order valence-electron chi connectivity index (χ2n) is 6.94. The molecule has 0 aliphatic carbocycles. The lowest BCUT2D eigenvalue weighted by Gasteiger charge is -2.37. The third-order valence-electron chi connectivity index (χ3n) is 4.73. The molecule has 8 heteroatoms. The van der Waals surface area contributed by atoms with E-state index in [4.69, 9.17) is 9.15 Å². The van der Waals surface area contributed by atoms with Gasteiger partial charge < -0.3 is 29.6 Å². The Balaban J connectivity index is 2.26. The van der Waals surface area contributed by atoms with Gasteiger partial charge in [-0.15, -0.1) is 0 Å². The number of aliphatic hydroxyl groups is 3. The number of carbonyl (C=O) groups excluding carboxylic acids is 1. The number of phenolic OH excluding ortho intramolecular Hbond substituents is 1. The van der Waals surface area contributed by atoms with Crippen molar-refractivity contribution in [3.05, 3.63) is 39.2 Å². The lowest BCUT2D eigenvalue weighted by atomic mass is 9.90. The molecule has 2 aromatic rings. The van der Waals surface area contributed by atoms with Crippen LogP contribution in [0.5, 0.6) is 5.75 Å². The summed E-state index contributed by atoms with van der Waals surface area (Å²) in [5, 5.41) is 40.6. The number of aromatic hydroxyl groups is 1. The number of carbonyl (C=O) groups is 1. The maximum atomic E-state index is 12.6. The van der Waals surface area contributed by atoms with E-state index in [1.807, 2.05) is 0 Å². The molecule has 8 nitrogen and oxygen atoms in total. The van der Waals surface area contributed by atoms with E-state index in [1.54, 1.807) is 6.92 Å². The molecule has 0 amide bonds. The largest absolute Gasteiger partial charge is 0.507 e. The van der Waals surface area contributed by atoms with E-state index in [9.17, 15) is 30.0 Å². The van der Waals surface area contributed by atoms with Crippen molar-refractivity contribution in [3.8, 4) is 5.75 Å². The predicted octanol–water partition coefficient (Wildman–Crippen LogP) is 0.483. The average molecular weight is 378 g/mol. The topological polar surface area (TPSA) is 137 Å². The predicted molar refractivity (Wildman–Crippen MR) is 94.6 cm³/mol. The molecule has 3 rings (SSSR count). The van der Waals surface area contributed by atoms with Crippen LogP contribution in [-0.4, -0.2) is 51.1 Å². The lowest BCUT2D eigenvalue weighted by molar-refractivity contribution is -0.179. The van der Waals surface area contributed by atoms with E-state index < -0.39 is 29.8 Å². The van der Waals surface area contributed by atoms with Gasteiger partial charge in [-0.2, -0.15) is 0 Å². The minimum Gasteiger partial charge on any atom is -0.507 e. The quantitative estimate of drug-likeness (QED) is 0.603. The van der Waals surface area contributed by atoms with Crippen molar-refractivity contribution < 1.29 is 34.4 Å². The molecular formula is C19H22O8. The van der Waals surface area contributed by atoms with Crippen molar-refractivity contribution in [1.29, 1.82) is 0 Å². The second kappa shape index (κ2) is 7.40. The van der Waals surface area contributed by atoms with Crippen molar-refractivity contribution in [1.82, 2.24) is 0 Å². The van der Waals surface area contributed by atoms with E-state index in [0.717, 1.165) is 0 Å². The molecule has 146 valence electrons. The molecule has 0 radical (unpaired) electrons. The monoisotopic (exact) mass is 378 g/mol. The van der Waals surface area contributed by atoms with Crippen molar-refractivity contribution in [2.45, 2.75) is 51.1 Å². The smallest absolute Gasteiger partial charge is 0.193 e.